The Balaban J connectivity index is 2.02. The van der Waals surface area contributed by atoms with Gasteiger partial charge in [-0.25, -0.2) is 12.8 Å². The quantitative estimate of drug-likeness (QED) is 0.735. The molecule has 0 unspecified atom stereocenters. The molecule has 0 radical (unpaired) electrons. The SMILES string of the molecule is C[C@]1(CC2CC2)C(=N)N[C@](C)(c2cc(N)ccc2F)CS1(=O)=O. The van der Waals surface area contributed by atoms with Crippen LogP contribution in [0.4, 0.5) is 10.1 Å². The van der Waals surface area contributed by atoms with E-state index in [9.17, 15) is 12.8 Å². The molecule has 1 aromatic rings. The van der Waals surface area contributed by atoms with Crippen LogP contribution in [0, 0.1) is 17.1 Å². The van der Waals surface area contributed by atoms with Gasteiger partial charge in [-0.05, 0) is 44.4 Å². The van der Waals surface area contributed by atoms with Crippen LogP contribution in [0.25, 0.3) is 0 Å². The molecular formula is C16H22FN3O2S. The van der Waals surface area contributed by atoms with Crippen molar-refractivity contribution in [2.24, 2.45) is 5.92 Å². The number of hydrogen-bond donors (Lipinski definition) is 3. The molecule has 0 aromatic heterocycles. The van der Waals surface area contributed by atoms with Crippen LogP contribution in [0.5, 0.6) is 0 Å². The predicted octanol–water partition coefficient (Wildman–Crippen LogP) is 2.18. The summed E-state index contributed by atoms with van der Waals surface area (Å²) in [7, 11) is -3.61. The summed E-state index contributed by atoms with van der Waals surface area (Å²) < 4.78 is 38.9. The third-order valence-corrected chi connectivity index (χ3v) is 7.76. The van der Waals surface area contributed by atoms with Gasteiger partial charge in [0.25, 0.3) is 0 Å². The molecular weight excluding hydrogens is 317 g/mol. The fourth-order valence-corrected chi connectivity index (χ4v) is 5.51. The van der Waals surface area contributed by atoms with Crippen LogP contribution < -0.4 is 11.1 Å². The van der Waals surface area contributed by atoms with E-state index in [0.29, 0.717) is 18.0 Å². The van der Waals surface area contributed by atoms with Crippen molar-refractivity contribution >= 4 is 21.4 Å². The van der Waals surface area contributed by atoms with Gasteiger partial charge in [-0.2, -0.15) is 0 Å². The van der Waals surface area contributed by atoms with E-state index >= 15 is 0 Å². The van der Waals surface area contributed by atoms with Crippen molar-refractivity contribution in [2.75, 3.05) is 11.5 Å². The molecule has 23 heavy (non-hydrogen) atoms. The molecule has 0 amide bonds. The summed E-state index contributed by atoms with van der Waals surface area (Å²) in [5.41, 5.74) is 5.07. The molecule has 2 atom stereocenters. The van der Waals surface area contributed by atoms with E-state index < -0.39 is 25.9 Å². The Morgan fingerprint density at radius 3 is 2.61 bits per heavy atom. The molecule has 5 nitrogen and oxygen atoms in total. The Hall–Kier alpha value is -1.63. The van der Waals surface area contributed by atoms with Crippen LogP contribution in [-0.2, 0) is 15.4 Å². The highest BCUT2D eigenvalue weighted by Crippen LogP contribution is 2.44. The van der Waals surface area contributed by atoms with Crippen molar-refractivity contribution in [3.8, 4) is 0 Å². The van der Waals surface area contributed by atoms with E-state index in [1.54, 1.807) is 13.8 Å². The molecule has 2 aliphatic rings. The van der Waals surface area contributed by atoms with E-state index in [0.717, 1.165) is 12.8 Å². The summed E-state index contributed by atoms with van der Waals surface area (Å²) in [5, 5.41) is 11.3. The lowest BCUT2D eigenvalue weighted by Crippen LogP contribution is -2.65. The van der Waals surface area contributed by atoms with E-state index in [4.69, 9.17) is 11.1 Å². The number of halogens is 1. The van der Waals surface area contributed by atoms with Crippen LogP contribution in [-0.4, -0.2) is 24.8 Å². The van der Waals surface area contributed by atoms with Gasteiger partial charge >= 0.3 is 0 Å². The van der Waals surface area contributed by atoms with Gasteiger partial charge in [-0.3, -0.25) is 5.41 Å². The molecule has 1 aliphatic heterocycles. The number of benzene rings is 1. The second-order valence-corrected chi connectivity index (χ2v) is 9.63. The van der Waals surface area contributed by atoms with Gasteiger partial charge < -0.3 is 11.1 Å². The van der Waals surface area contributed by atoms with Gasteiger partial charge in [0.1, 0.15) is 16.4 Å². The molecule has 7 heteroatoms. The lowest BCUT2D eigenvalue weighted by Gasteiger charge is -2.45. The van der Waals surface area contributed by atoms with Gasteiger partial charge in [-0.15, -0.1) is 0 Å². The normalized spacial score (nSPS) is 33.3. The highest BCUT2D eigenvalue weighted by molar-refractivity contribution is 7.93. The summed E-state index contributed by atoms with van der Waals surface area (Å²) >= 11 is 0. The van der Waals surface area contributed by atoms with Crippen LogP contribution in [0.2, 0.25) is 0 Å². The lowest BCUT2D eigenvalue weighted by molar-refractivity contribution is 0.410. The Labute approximate surface area is 135 Å². The largest absolute Gasteiger partial charge is 0.399 e. The number of rotatable bonds is 3. The summed E-state index contributed by atoms with van der Waals surface area (Å²) in [6.07, 6.45) is 2.48. The zero-order chi connectivity index (χ0) is 17.0. The maximum Gasteiger partial charge on any atom is 0.165 e. The van der Waals surface area contributed by atoms with Crippen molar-refractivity contribution in [1.29, 1.82) is 5.41 Å². The molecule has 1 aliphatic carbocycles. The molecule has 1 saturated carbocycles. The van der Waals surface area contributed by atoms with Crippen LogP contribution in [0.1, 0.15) is 38.7 Å². The Bertz CT molecular complexity index is 776. The van der Waals surface area contributed by atoms with Gasteiger partial charge in [0.2, 0.25) is 0 Å². The number of anilines is 1. The van der Waals surface area contributed by atoms with Crippen molar-refractivity contribution < 1.29 is 12.8 Å². The van der Waals surface area contributed by atoms with E-state index in [1.807, 2.05) is 0 Å². The molecule has 1 aromatic carbocycles. The predicted molar refractivity (Wildman–Crippen MR) is 88.6 cm³/mol. The maximum absolute atomic E-state index is 14.2. The van der Waals surface area contributed by atoms with Crippen LogP contribution in [0.3, 0.4) is 0 Å². The molecule has 0 spiro atoms. The average Bonchev–Trinajstić information content (AvgIpc) is 3.22. The Kier molecular flexibility index (Phi) is 3.48. The Morgan fingerprint density at radius 2 is 2.04 bits per heavy atom. The van der Waals surface area contributed by atoms with Gasteiger partial charge in [0.05, 0.1) is 11.3 Å². The smallest absolute Gasteiger partial charge is 0.165 e. The first-order chi connectivity index (χ1) is 10.6. The molecule has 0 bridgehead atoms. The van der Waals surface area contributed by atoms with Crippen molar-refractivity contribution in [3.63, 3.8) is 0 Å². The first kappa shape index (κ1) is 16.2. The number of nitrogen functional groups attached to an aromatic ring is 1. The number of sulfone groups is 1. The number of hydrogen-bond acceptors (Lipinski definition) is 4. The average molecular weight is 339 g/mol. The van der Waals surface area contributed by atoms with Crippen LogP contribution in [0.15, 0.2) is 18.2 Å². The van der Waals surface area contributed by atoms with E-state index in [1.165, 1.54) is 18.2 Å². The number of nitrogens with two attached hydrogens (primary N) is 1. The standard InChI is InChI=1S/C16H22FN3O2S/c1-15(12-7-11(18)5-6-13(12)17)9-23(21,22)16(2,14(19)20-15)8-10-3-4-10/h5-7,10H,3-4,8-9,18H2,1-2H3,(H2,19,20)/t15-,16-/m0/s1. The minimum Gasteiger partial charge on any atom is -0.399 e. The monoisotopic (exact) mass is 339 g/mol. The van der Waals surface area contributed by atoms with Gasteiger partial charge in [0.15, 0.2) is 9.84 Å². The molecule has 1 heterocycles. The second-order valence-electron chi connectivity index (χ2n) is 7.21. The summed E-state index contributed by atoms with van der Waals surface area (Å²) in [5.74, 6) is -0.472. The summed E-state index contributed by atoms with van der Waals surface area (Å²) in [6, 6.07) is 4.10. The lowest BCUT2D eigenvalue weighted by atomic mass is 9.90. The van der Waals surface area contributed by atoms with Crippen molar-refractivity contribution in [2.45, 2.75) is 43.4 Å². The van der Waals surface area contributed by atoms with E-state index in [-0.39, 0.29) is 17.2 Å². The summed E-state index contributed by atoms with van der Waals surface area (Å²) in [4.78, 5) is 0. The topological polar surface area (TPSA) is 96.0 Å². The second kappa shape index (κ2) is 4.93. The fraction of sp³-hybridized carbons (Fsp3) is 0.562. The molecule has 2 fully saturated rings. The third kappa shape index (κ3) is 2.60. The van der Waals surface area contributed by atoms with Gasteiger partial charge in [0, 0.05) is 11.3 Å². The third-order valence-electron chi connectivity index (χ3n) is 5.05. The highest BCUT2D eigenvalue weighted by atomic mass is 32.2. The fourth-order valence-electron chi connectivity index (χ4n) is 3.35. The summed E-state index contributed by atoms with van der Waals surface area (Å²) in [6.45, 7) is 3.21. The maximum atomic E-state index is 14.2. The molecule has 3 rings (SSSR count). The van der Waals surface area contributed by atoms with Crippen LogP contribution >= 0.6 is 0 Å². The van der Waals surface area contributed by atoms with Gasteiger partial charge in [-0.1, -0.05) is 12.8 Å². The number of amidine groups is 1. The molecule has 4 N–H and O–H groups in total. The minimum atomic E-state index is -3.61. The zero-order valence-electron chi connectivity index (χ0n) is 13.3. The van der Waals surface area contributed by atoms with Crippen molar-refractivity contribution in [3.05, 3.63) is 29.6 Å². The van der Waals surface area contributed by atoms with E-state index in [2.05, 4.69) is 5.32 Å². The first-order valence-electron chi connectivity index (χ1n) is 7.72. The molecule has 126 valence electrons. The Morgan fingerprint density at radius 1 is 1.39 bits per heavy atom. The number of nitrogens with one attached hydrogen (secondary N) is 2. The first-order valence-corrected chi connectivity index (χ1v) is 9.38. The van der Waals surface area contributed by atoms with Crippen molar-refractivity contribution in [1.82, 2.24) is 5.32 Å². The highest BCUT2D eigenvalue weighted by Gasteiger charge is 2.55. The minimum absolute atomic E-state index is 0.0556. The molecule has 1 saturated heterocycles. The zero-order valence-corrected chi connectivity index (χ0v) is 14.1.